The van der Waals surface area contributed by atoms with Crippen LogP contribution in [0.1, 0.15) is 35.2 Å². The highest BCUT2D eigenvalue weighted by Crippen LogP contribution is 2.40. The zero-order chi connectivity index (χ0) is 19.1. The third-order valence-corrected chi connectivity index (χ3v) is 5.67. The van der Waals surface area contributed by atoms with E-state index in [2.05, 4.69) is 15.2 Å². The normalized spacial score (nSPS) is 16.1. The summed E-state index contributed by atoms with van der Waals surface area (Å²) in [5, 5.41) is 4.87. The van der Waals surface area contributed by atoms with Gasteiger partial charge in [0, 0.05) is 22.7 Å². The van der Waals surface area contributed by atoms with Crippen LogP contribution < -0.4 is 5.32 Å². The molecule has 28 heavy (non-hydrogen) atoms. The maximum Gasteiger partial charge on any atom is 0.238 e. The van der Waals surface area contributed by atoms with Crippen molar-refractivity contribution in [1.29, 1.82) is 0 Å². The summed E-state index contributed by atoms with van der Waals surface area (Å²) in [5.41, 5.74) is 3.33. The summed E-state index contributed by atoms with van der Waals surface area (Å²) in [7, 11) is 0. The fourth-order valence-electron chi connectivity index (χ4n) is 4.37. The number of piperidine rings is 1. The number of carbonyl (C=O) groups is 2. The zero-order valence-corrected chi connectivity index (χ0v) is 15.6. The predicted molar refractivity (Wildman–Crippen MR) is 110 cm³/mol. The molecule has 1 aromatic heterocycles. The van der Waals surface area contributed by atoms with E-state index in [1.807, 2.05) is 36.4 Å². The molecule has 5 nitrogen and oxygen atoms in total. The van der Waals surface area contributed by atoms with Gasteiger partial charge in [0.05, 0.1) is 23.5 Å². The van der Waals surface area contributed by atoms with Crippen LogP contribution in [0.25, 0.3) is 22.0 Å². The number of hydrogen-bond donors (Lipinski definition) is 1. The van der Waals surface area contributed by atoms with Gasteiger partial charge in [-0.2, -0.15) is 0 Å². The van der Waals surface area contributed by atoms with Crippen LogP contribution >= 0.6 is 0 Å². The van der Waals surface area contributed by atoms with Gasteiger partial charge in [-0.25, -0.2) is 0 Å². The maximum absolute atomic E-state index is 13.3. The van der Waals surface area contributed by atoms with Crippen molar-refractivity contribution in [3.8, 4) is 11.3 Å². The molecule has 0 saturated carbocycles. The number of hydrogen-bond acceptors (Lipinski definition) is 4. The van der Waals surface area contributed by atoms with Crippen LogP contribution in [-0.2, 0) is 4.79 Å². The largest absolute Gasteiger partial charge is 0.324 e. The first kappa shape index (κ1) is 17.1. The molecule has 2 aliphatic rings. The molecule has 1 fully saturated rings. The number of aromatic nitrogens is 1. The Balaban J connectivity index is 1.53. The molecule has 1 aliphatic carbocycles. The number of fused-ring (bicyclic) bond motifs is 2. The van der Waals surface area contributed by atoms with E-state index in [1.165, 1.54) is 6.42 Å². The average molecular weight is 371 g/mol. The topological polar surface area (TPSA) is 62.3 Å². The second-order valence-corrected chi connectivity index (χ2v) is 7.51. The smallest absolute Gasteiger partial charge is 0.238 e. The zero-order valence-electron chi connectivity index (χ0n) is 15.6. The number of ketones is 1. The van der Waals surface area contributed by atoms with E-state index < -0.39 is 0 Å². The third kappa shape index (κ3) is 2.79. The molecule has 5 rings (SSSR count). The molecule has 0 unspecified atom stereocenters. The third-order valence-electron chi connectivity index (χ3n) is 5.67. The van der Waals surface area contributed by atoms with Crippen LogP contribution in [0.4, 0.5) is 5.69 Å². The summed E-state index contributed by atoms with van der Waals surface area (Å²) in [6.07, 6.45) is 5.28. The van der Waals surface area contributed by atoms with E-state index in [4.69, 9.17) is 0 Å². The van der Waals surface area contributed by atoms with Crippen molar-refractivity contribution < 1.29 is 9.59 Å². The second kappa shape index (κ2) is 6.84. The summed E-state index contributed by atoms with van der Waals surface area (Å²) in [6, 6.07) is 13.2. The molecule has 3 aromatic rings. The lowest BCUT2D eigenvalue weighted by Crippen LogP contribution is -2.37. The van der Waals surface area contributed by atoms with Gasteiger partial charge in [-0.05, 0) is 43.5 Å². The van der Waals surface area contributed by atoms with Gasteiger partial charge in [0.25, 0.3) is 0 Å². The fraction of sp³-hybridized carbons (Fsp3) is 0.261. The standard InChI is InChI=1S/C23H21N3O2/c27-19(14-26-12-2-1-3-13-26)25-18-9-5-7-16-21(18)23(28)17-8-4-6-15-10-11-24-22(16)20(15)17/h4-11H,1-3,12-14H2,(H,25,27). The molecular formula is C23H21N3O2. The Kier molecular flexibility index (Phi) is 4.17. The Labute approximate surface area is 163 Å². The summed E-state index contributed by atoms with van der Waals surface area (Å²) in [5.74, 6) is -0.136. The first-order chi connectivity index (χ1) is 13.7. The van der Waals surface area contributed by atoms with Gasteiger partial charge in [0.2, 0.25) is 5.91 Å². The summed E-state index contributed by atoms with van der Waals surface area (Å²) < 4.78 is 0. The van der Waals surface area contributed by atoms with Crippen LogP contribution in [0.3, 0.4) is 0 Å². The SMILES string of the molecule is O=C(CN1CCCCC1)Nc1cccc2c1C(=O)c1cccc3ccnc-2c13. The van der Waals surface area contributed by atoms with E-state index in [0.29, 0.717) is 23.4 Å². The van der Waals surface area contributed by atoms with Crippen LogP contribution in [0.2, 0.25) is 0 Å². The lowest BCUT2D eigenvalue weighted by molar-refractivity contribution is -0.117. The maximum atomic E-state index is 13.3. The molecule has 140 valence electrons. The van der Waals surface area contributed by atoms with E-state index in [0.717, 1.165) is 48.0 Å². The molecule has 2 heterocycles. The molecule has 1 aliphatic heterocycles. The molecule has 1 saturated heterocycles. The number of amides is 1. The molecule has 0 bridgehead atoms. The number of nitrogens with one attached hydrogen (secondary N) is 1. The summed E-state index contributed by atoms with van der Waals surface area (Å²) >= 11 is 0. The number of anilines is 1. The van der Waals surface area contributed by atoms with Crippen molar-refractivity contribution in [1.82, 2.24) is 9.88 Å². The number of rotatable bonds is 3. The molecule has 0 spiro atoms. The molecular weight excluding hydrogens is 350 g/mol. The Morgan fingerprint density at radius 2 is 1.79 bits per heavy atom. The molecule has 2 aromatic carbocycles. The average Bonchev–Trinajstić information content (AvgIpc) is 2.72. The van der Waals surface area contributed by atoms with Gasteiger partial charge < -0.3 is 5.32 Å². The second-order valence-electron chi connectivity index (χ2n) is 7.51. The molecule has 0 radical (unpaired) electrons. The van der Waals surface area contributed by atoms with Gasteiger partial charge in [0.15, 0.2) is 5.78 Å². The molecule has 1 amide bonds. The fourth-order valence-corrected chi connectivity index (χ4v) is 4.37. The summed E-state index contributed by atoms with van der Waals surface area (Å²) in [4.78, 5) is 32.7. The van der Waals surface area contributed by atoms with Gasteiger partial charge in [-0.15, -0.1) is 0 Å². The highest BCUT2D eigenvalue weighted by Gasteiger charge is 2.29. The van der Waals surface area contributed by atoms with Crippen molar-refractivity contribution in [2.45, 2.75) is 19.3 Å². The van der Waals surface area contributed by atoms with Crippen molar-refractivity contribution >= 4 is 28.2 Å². The first-order valence-electron chi connectivity index (χ1n) is 9.80. The van der Waals surface area contributed by atoms with E-state index in [1.54, 1.807) is 12.3 Å². The van der Waals surface area contributed by atoms with Crippen LogP contribution in [-0.4, -0.2) is 41.2 Å². The van der Waals surface area contributed by atoms with Crippen molar-refractivity contribution in [3.05, 3.63) is 59.8 Å². The monoisotopic (exact) mass is 371 g/mol. The lowest BCUT2D eigenvalue weighted by Gasteiger charge is -2.26. The van der Waals surface area contributed by atoms with Crippen molar-refractivity contribution in [3.63, 3.8) is 0 Å². The number of carbonyl (C=O) groups excluding carboxylic acids is 2. The van der Waals surface area contributed by atoms with Crippen LogP contribution in [0.5, 0.6) is 0 Å². The Morgan fingerprint density at radius 1 is 1.00 bits per heavy atom. The van der Waals surface area contributed by atoms with Crippen molar-refractivity contribution in [2.24, 2.45) is 0 Å². The Hall–Kier alpha value is -3.05. The van der Waals surface area contributed by atoms with Gasteiger partial charge in [-0.1, -0.05) is 36.8 Å². The minimum Gasteiger partial charge on any atom is -0.324 e. The van der Waals surface area contributed by atoms with Crippen molar-refractivity contribution in [2.75, 3.05) is 25.0 Å². The lowest BCUT2D eigenvalue weighted by atomic mass is 9.85. The van der Waals surface area contributed by atoms with Gasteiger partial charge in [0.1, 0.15) is 0 Å². The minimum absolute atomic E-state index is 0.0602. The quantitative estimate of drug-likeness (QED) is 0.594. The van der Waals surface area contributed by atoms with E-state index >= 15 is 0 Å². The Morgan fingerprint density at radius 3 is 2.64 bits per heavy atom. The highest BCUT2D eigenvalue weighted by atomic mass is 16.2. The first-order valence-corrected chi connectivity index (χ1v) is 9.80. The molecule has 0 atom stereocenters. The molecule has 5 heteroatoms. The van der Waals surface area contributed by atoms with Crippen LogP contribution in [0.15, 0.2) is 48.7 Å². The summed E-state index contributed by atoms with van der Waals surface area (Å²) in [6.45, 7) is 2.28. The van der Waals surface area contributed by atoms with E-state index in [9.17, 15) is 9.59 Å². The van der Waals surface area contributed by atoms with Gasteiger partial charge in [-0.3, -0.25) is 19.5 Å². The molecule has 1 N–H and O–H groups in total. The number of benzene rings is 2. The number of pyridine rings is 1. The van der Waals surface area contributed by atoms with Crippen LogP contribution in [0, 0.1) is 0 Å². The predicted octanol–water partition coefficient (Wildman–Crippen LogP) is 3.87. The van der Waals surface area contributed by atoms with Gasteiger partial charge >= 0.3 is 0 Å². The van der Waals surface area contributed by atoms with E-state index in [-0.39, 0.29) is 11.7 Å². The minimum atomic E-state index is -0.0758. The number of likely N-dealkylation sites (tertiary alicyclic amines) is 1. The number of nitrogens with zero attached hydrogens (tertiary/aromatic N) is 2. The Bertz CT molecular complexity index is 1090. The highest BCUT2D eigenvalue weighted by molar-refractivity contribution is 6.27.